The number of nitrogens with one attached hydrogen (secondary N) is 2. The fourth-order valence-electron chi connectivity index (χ4n) is 2.64. The van der Waals surface area contributed by atoms with Crippen LogP contribution in [0.2, 0.25) is 0 Å². The lowest BCUT2D eigenvalue weighted by Gasteiger charge is -2.09. The van der Waals surface area contributed by atoms with E-state index in [4.69, 9.17) is 0 Å². The monoisotopic (exact) mass is 337 g/mol. The van der Waals surface area contributed by atoms with E-state index in [0.29, 0.717) is 12.5 Å². The summed E-state index contributed by atoms with van der Waals surface area (Å²) in [5.74, 6) is 1.39. The summed E-state index contributed by atoms with van der Waals surface area (Å²) in [6.07, 6.45) is 3.51. The van der Waals surface area contributed by atoms with Crippen molar-refractivity contribution in [2.24, 2.45) is 0 Å². The smallest absolute Gasteiger partial charge is 0.319 e. The second-order valence-electron chi connectivity index (χ2n) is 6.31. The molecule has 6 nitrogen and oxygen atoms in total. The Morgan fingerprint density at radius 3 is 2.68 bits per heavy atom. The summed E-state index contributed by atoms with van der Waals surface area (Å²) in [7, 11) is 0. The van der Waals surface area contributed by atoms with Crippen LogP contribution in [0.15, 0.2) is 48.7 Å². The van der Waals surface area contributed by atoms with Gasteiger partial charge in [-0.15, -0.1) is 10.2 Å². The molecule has 6 heteroatoms. The standard InChI is InChI=1S/C19H23N5O/c1-14(2)15-8-10-16(11-9-15)21-19(25)20-12-5-7-18-23-22-17-6-3-4-13-24(17)18/h3-4,6,8-11,13-14H,5,7,12H2,1-2H3,(H2,20,21,25). The number of rotatable bonds is 6. The fourth-order valence-corrected chi connectivity index (χ4v) is 2.64. The topological polar surface area (TPSA) is 71.3 Å². The zero-order valence-corrected chi connectivity index (χ0v) is 14.6. The lowest BCUT2D eigenvalue weighted by Crippen LogP contribution is -2.29. The molecule has 130 valence electrons. The molecule has 2 heterocycles. The van der Waals surface area contributed by atoms with Crippen molar-refractivity contribution in [1.82, 2.24) is 19.9 Å². The molecule has 0 bridgehead atoms. The Morgan fingerprint density at radius 2 is 1.92 bits per heavy atom. The molecule has 0 saturated carbocycles. The van der Waals surface area contributed by atoms with Crippen LogP contribution in [0.1, 0.15) is 37.6 Å². The van der Waals surface area contributed by atoms with E-state index in [0.717, 1.165) is 30.0 Å². The van der Waals surface area contributed by atoms with Gasteiger partial charge in [0, 0.05) is 24.8 Å². The van der Waals surface area contributed by atoms with Crippen molar-refractivity contribution >= 4 is 17.4 Å². The first kappa shape index (κ1) is 17.0. The van der Waals surface area contributed by atoms with E-state index in [-0.39, 0.29) is 6.03 Å². The van der Waals surface area contributed by atoms with Gasteiger partial charge in [-0.3, -0.25) is 4.40 Å². The molecule has 0 aliphatic carbocycles. The Kier molecular flexibility index (Phi) is 5.28. The number of pyridine rings is 1. The molecule has 0 aliphatic heterocycles. The van der Waals surface area contributed by atoms with Gasteiger partial charge in [-0.25, -0.2) is 4.79 Å². The van der Waals surface area contributed by atoms with Gasteiger partial charge in [-0.05, 0) is 42.2 Å². The molecular weight excluding hydrogens is 314 g/mol. The van der Waals surface area contributed by atoms with Crippen molar-refractivity contribution in [3.05, 3.63) is 60.0 Å². The molecule has 2 amide bonds. The van der Waals surface area contributed by atoms with Crippen LogP contribution in [0.5, 0.6) is 0 Å². The van der Waals surface area contributed by atoms with Gasteiger partial charge in [0.2, 0.25) is 0 Å². The Hall–Kier alpha value is -2.89. The molecule has 0 saturated heterocycles. The maximum Gasteiger partial charge on any atom is 0.319 e. The van der Waals surface area contributed by atoms with E-state index in [1.807, 2.05) is 53.1 Å². The first-order valence-corrected chi connectivity index (χ1v) is 8.57. The van der Waals surface area contributed by atoms with Gasteiger partial charge < -0.3 is 10.6 Å². The van der Waals surface area contributed by atoms with E-state index in [1.54, 1.807) is 0 Å². The molecule has 0 fully saturated rings. The van der Waals surface area contributed by atoms with Crippen molar-refractivity contribution in [2.45, 2.75) is 32.6 Å². The summed E-state index contributed by atoms with van der Waals surface area (Å²) >= 11 is 0. The third kappa shape index (κ3) is 4.35. The quantitative estimate of drug-likeness (QED) is 0.675. The second-order valence-corrected chi connectivity index (χ2v) is 6.31. The van der Waals surface area contributed by atoms with Gasteiger partial charge in [0.25, 0.3) is 0 Å². The Morgan fingerprint density at radius 1 is 1.12 bits per heavy atom. The van der Waals surface area contributed by atoms with Gasteiger partial charge >= 0.3 is 6.03 Å². The number of nitrogens with zero attached hydrogens (tertiary/aromatic N) is 3. The van der Waals surface area contributed by atoms with Crippen LogP contribution in [-0.2, 0) is 6.42 Å². The number of aryl methyl sites for hydroxylation is 1. The minimum atomic E-state index is -0.191. The van der Waals surface area contributed by atoms with Crippen LogP contribution in [0.3, 0.4) is 0 Å². The first-order valence-electron chi connectivity index (χ1n) is 8.57. The molecule has 0 atom stereocenters. The van der Waals surface area contributed by atoms with Crippen molar-refractivity contribution in [3.63, 3.8) is 0 Å². The van der Waals surface area contributed by atoms with Gasteiger partial charge in [0.15, 0.2) is 5.65 Å². The highest BCUT2D eigenvalue weighted by Crippen LogP contribution is 2.16. The number of fused-ring (bicyclic) bond motifs is 1. The van der Waals surface area contributed by atoms with Gasteiger partial charge in [-0.1, -0.05) is 32.0 Å². The summed E-state index contributed by atoms with van der Waals surface area (Å²) < 4.78 is 1.97. The Balaban J connectivity index is 1.43. The third-order valence-electron chi connectivity index (χ3n) is 4.08. The highest BCUT2D eigenvalue weighted by atomic mass is 16.2. The van der Waals surface area contributed by atoms with Crippen LogP contribution in [0.4, 0.5) is 10.5 Å². The second kappa shape index (κ2) is 7.79. The maximum absolute atomic E-state index is 11.9. The number of anilines is 1. The number of hydrogen-bond acceptors (Lipinski definition) is 3. The fraction of sp³-hybridized carbons (Fsp3) is 0.316. The number of carbonyl (C=O) groups excluding carboxylic acids is 1. The predicted octanol–water partition coefficient (Wildman–Crippen LogP) is 3.61. The van der Waals surface area contributed by atoms with Crippen LogP contribution < -0.4 is 10.6 Å². The molecule has 0 aliphatic rings. The molecule has 1 aromatic carbocycles. The number of aromatic nitrogens is 3. The molecular formula is C19H23N5O. The van der Waals surface area contributed by atoms with E-state index in [2.05, 4.69) is 34.7 Å². The predicted molar refractivity (Wildman–Crippen MR) is 98.9 cm³/mol. The lowest BCUT2D eigenvalue weighted by atomic mass is 10.0. The SMILES string of the molecule is CC(C)c1ccc(NC(=O)NCCCc2nnc3ccccn23)cc1. The highest BCUT2D eigenvalue weighted by molar-refractivity contribution is 5.89. The average Bonchev–Trinajstić information content (AvgIpc) is 3.02. The molecule has 25 heavy (non-hydrogen) atoms. The number of hydrogen-bond donors (Lipinski definition) is 2. The normalized spacial score (nSPS) is 11.0. The summed E-state index contributed by atoms with van der Waals surface area (Å²) in [5.41, 5.74) is 2.89. The zero-order chi connectivity index (χ0) is 17.6. The van der Waals surface area contributed by atoms with Crippen LogP contribution in [-0.4, -0.2) is 27.2 Å². The van der Waals surface area contributed by atoms with Gasteiger partial charge in [-0.2, -0.15) is 0 Å². The van der Waals surface area contributed by atoms with Crippen molar-refractivity contribution in [3.8, 4) is 0 Å². The van der Waals surface area contributed by atoms with E-state index in [1.165, 1.54) is 5.56 Å². The minimum Gasteiger partial charge on any atom is -0.338 e. The van der Waals surface area contributed by atoms with Crippen LogP contribution in [0, 0.1) is 0 Å². The van der Waals surface area contributed by atoms with E-state index < -0.39 is 0 Å². The first-order chi connectivity index (χ1) is 12.1. The summed E-state index contributed by atoms with van der Waals surface area (Å²) in [4.78, 5) is 11.9. The van der Waals surface area contributed by atoms with Crippen molar-refractivity contribution in [2.75, 3.05) is 11.9 Å². The Labute approximate surface area is 147 Å². The summed E-state index contributed by atoms with van der Waals surface area (Å²) in [6.45, 7) is 4.87. The highest BCUT2D eigenvalue weighted by Gasteiger charge is 2.06. The number of carbonyl (C=O) groups is 1. The van der Waals surface area contributed by atoms with Crippen molar-refractivity contribution in [1.29, 1.82) is 0 Å². The Bertz CT molecular complexity index is 838. The number of benzene rings is 1. The van der Waals surface area contributed by atoms with E-state index >= 15 is 0 Å². The molecule has 2 aromatic heterocycles. The molecule has 3 aromatic rings. The molecule has 3 rings (SSSR count). The number of amides is 2. The van der Waals surface area contributed by atoms with Gasteiger partial charge in [0.05, 0.1) is 0 Å². The maximum atomic E-state index is 11.9. The summed E-state index contributed by atoms with van der Waals surface area (Å²) in [5, 5.41) is 14.0. The van der Waals surface area contributed by atoms with Crippen molar-refractivity contribution < 1.29 is 4.79 Å². The zero-order valence-electron chi connectivity index (χ0n) is 14.6. The van der Waals surface area contributed by atoms with E-state index in [9.17, 15) is 4.79 Å². The molecule has 0 unspecified atom stereocenters. The average molecular weight is 337 g/mol. The van der Waals surface area contributed by atoms with Gasteiger partial charge in [0.1, 0.15) is 5.82 Å². The number of urea groups is 1. The molecule has 0 radical (unpaired) electrons. The minimum absolute atomic E-state index is 0.191. The largest absolute Gasteiger partial charge is 0.338 e. The molecule has 2 N–H and O–H groups in total. The van der Waals surface area contributed by atoms with Crippen LogP contribution in [0.25, 0.3) is 5.65 Å². The lowest BCUT2D eigenvalue weighted by molar-refractivity contribution is 0.252. The summed E-state index contributed by atoms with van der Waals surface area (Å²) in [6, 6.07) is 13.6. The third-order valence-corrected chi connectivity index (χ3v) is 4.08. The molecule has 0 spiro atoms. The van der Waals surface area contributed by atoms with Crippen LogP contribution >= 0.6 is 0 Å².